The van der Waals surface area contributed by atoms with Crippen molar-refractivity contribution in [1.29, 1.82) is 0 Å². The Morgan fingerprint density at radius 2 is 1.94 bits per heavy atom. The number of rotatable bonds is 2. The Labute approximate surface area is 107 Å². The second kappa shape index (κ2) is 5.32. The van der Waals surface area contributed by atoms with Crippen LogP contribution in [-0.4, -0.2) is 35.8 Å². The van der Waals surface area contributed by atoms with Gasteiger partial charge in [0.2, 0.25) is 0 Å². The molecular formula is C12H12F3NOS. The molecule has 6 heteroatoms. The summed E-state index contributed by atoms with van der Waals surface area (Å²) >= 11 is 1.40. The third-order valence-electron chi connectivity index (χ3n) is 2.89. The molecule has 0 aromatic heterocycles. The van der Waals surface area contributed by atoms with Crippen molar-refractivity contribution >= 4 is 18.0 Å². The van der Waals surface area contributed by atoms with Gasteiger partial charge in [-0.05, 0) is 5.56 Å². The van der Waals surface area contributed by atoms with Crippen LogP contribution in [0.4, 0.5) is 13.2 Å². The molecule has 2 rings (SSSR count). The second-order valence-corrected chi connectivity index (χ2v) is 5.24. The number of alkyl halides is 3. The summed E-state index contributed by atoms with van der Waals surface area (Å²) in [6, 6.07) is 7.71. The van der Waals surface area contributed by atoms with Gasteiger partial charge in [-0.1, -0.05) is 30.3 Å². The topological polar surface area (TPSA) is 20.3 Å². The molecule has 0 spiro atoms. The molecule has 1 aliphatic rings. The lowest BCUT2D eigenvalue weighted by Gasteiger charge is -2.38. The highest BCUT2D eigenvalue weighted by molar-refractivity contribution is 7.99. The summed E-state index contributed by atoms with van der Waals surface area (Å²) in [6.07, 6.45) is -4.06. The maximum Gasteiger partial charge on any atom is 0.460 e. The number of hydrogen-bond acceptors (Lipinski definition) is 3. The zero-order valence-electron chi connectivity index (χ0n) is 9.43. The number of nitrogens with zero attached hydrogens (tertiary/aromatic N) is 1. The first-order valence-corrected chi connectivity index (χ1v) is 6.54. The molecule has 0 bridgehead atoms. The predicted molar refractivity (Wildman–Crippen MR) is 64.3 cm³/mol. The van der Waals surface area contributed by atoms with Crippen LogP contribution in [0.1, 0.15) is 10.8 Å². The zero-order valence-corrected chi connectivity index (χ0v) is 10.2. The van der Waals surface area contributed by atoms with Crippen LogP contribution in [0.3, 0.4) is 0 Å². The van der Waals surface area contributed by atoms with Gasteiger partial charge in [0.1, 0.15) is 6.29 Å². The van der Waals surface area contributed by atoms with Gasteiger partial charge >= 0.3 is 6.30 Å². The van der Waals surface area contributed by atoms with Gasteiger partial charge in [0.25, 0.3) is 0 Å². The molecule has 1 aromatic rings. The first-order chi connectivity index (χ1) is 8.54. The average Bonchev–Trinajstić information content (AvgIpc) is 2.37. The lowest BCUT2D eigenvalue weighted by atomic mass is 10.0. The Bertz CT molecular complexity index is 410. The van der Waals surface area contributed by atoms with E-state index in [4.69, 9.17) is 0 Å². The summed E-state index contributed by atoms with van der Waals surface area (Å²) < 4.78 is 38.5. The van der Waals surface area contributed by atoms with Crippen molar-refractivity contribution in [2.75, 3.05) is 12.3 Å². The molecule has 18 heavy (non-hydrogen) atoms. The number of carbonyl (C=O) groups excluding carboxylic acids is 1. The van der Waals surface area contributed by atoms with E-state index in [0.29, 0.717) is 16.9 Å². The summed E-state index contributed by atoms with van der Waals surface area (Å²) in [5, 5.41) is -0.459. The van der Waals surface area contributed by atoms with Crippen molar-refractivity contribution in [3.8, 4) is 0 Å². The molecule has 1 saturated heterocycles. The lowest BCUT2D eigenvalue weighted by molar-refractivity contribution is -0.254. The van der Waals surface area contributed by atoms with Crippen LogP contribution >= 0.6 is 11.8 Å². The van der Waals surface area contributed by atoms with Crippen LogP contribution in [0.2, 0.25) is 0 Å². The number of benzene rings is 1. The molecule has 2 unspecified atom stereocenters. The highest BCUT2D eigenvalue weighted by Crippen LogP contribution is 2.41. The monoisotopic (exact) mass is 275 g/mol. The molecule has 0 saturated carbocycles. The molecular weight excluding hydrogens is 263 g/mol. The maximum absolute atomic E-state index is 12.8. The van der Waals surface area contributed by atoms with Crippen molar-refractivity contribution in [2.24, 2.45) is 0 Å². The molecule has 0 amide bonds. The quantitative estimate of drug-likeness (QED) is 0.611. The first kappa shape index (κ1) is 13.4. The largest absolute Gasteiger partial charge is 0.460 e. The van der Waals surface area contributed by atoms with Gasteiger partial charge in [-0.25, -0.2) is 4.90 Å². The van der Waals surface area contributed by atoms with Gasteiger partial charge in [0, 0.05) is 12.3 Å². The fourth-order valence-corrected chi connectivity index (χ4v) is 3.38. The number of carbonyl (C=O) groups is 1. The van der Waals surface area contributed by atoms with Crippen LogP contribution < -0.4 is 0 Å². The number of hydrogen-bond donors (Lipinski definition) is 0. The third-order valence-corrected chi connectivity index (χ3v) is 4.22. The van der Waals surface area contributed by atoms with E-state index >= 15 is 0 Å². The summed E-state index contributed by atoms with van der Waals surface area (Å²) in [5.74, 6) is 0.364. The van der Waals surface area contributed by atoms with Crippen LogP contribution in [0.15, 0.2) is 30.3 Å². The normalized spacial score (nSPS) is 25.9. The number of aldehydes is 1. The lowest BCUT2D eigenvalue weighted by Crippen LogP contribution is -2.52. The van der Waals surface area contributed by atoms with Crippen molar-refractivity contribution in [2.45, 2.75) is 17.6 Å². The second-order valence-electron chi connectivity index (χ2n) is 3.99. The highest BCUT2D eigenvalue weighted by atomic mass is 32.2. The summed E-state index contributed by atoms with van der Waals surface area (Å²) in [5.41, 5.74) is 0.758. The van der Waals surface area contributed by atoms with E-state index < -0.39 is 17.6 Å². The van der Waals surface area contributed by atoms with Crippen LogP contribution in [-0.2, 0) is 4.79 Å². The van der Waals surface area contributed by atoms with Gasteiger partial charge in [-0.15, -0.1) is 0 Å². The zero-order chi connectivity index (χ0) is 13.2. The third kappa shape index (κ3) is 2.70. The molecule has 0 radical (unpaired) electrons. The van der Waals surface area contributed by atoms with Crippen molar-refractivity contribution < 1.29 is 18.0 Å². The SMILES string of the molecule is O=CC1C(c2ccccc2)SCCN1C(F)(F)F. The standard InChI is InChI=1S/C12H12F3NOS/c13-12(14,15)16-6-7-18-11(10(16)8-17)9-4-2-1-3-5-9/h1-5,8,10-11H,6-7H2. The predicted octanol–water partition coefficient (Wildman–Crippen LogP) is 2.86. The van der Waals surface area contributed by atoms with E-state index in [1.165, 1.54) is 11.8 Å². The average molecular weight is 275 g/mol. The Hall–Kier alpha value is -1.01. The minimum Gasteiger partial charge on any atom is -0.302 e. The molecule has 1 aliphatic heterocycles. The van der Waals surface area contributed by atoms with Gasteiger partial charge < -0.3 is 4.79 Å². The van der Waals surface area contributed by atoms with Crippen molar-refractivity contribution in [3.63, 3.8) is 0 Å². The van der Waals surface area contributed by atoms with Gasteiger partial charge in [0.05, 0.1) is 11.3 Å². The van der Waals surface area contributed by atoms with E-state index in [1.807, 2.05) is 0 Å². The molecule has 1 heterocycles. The van der Waals surface area contributed by atoms with E-state index in [0.717, 1.165) is 5.56 Å². The van der Waals surface area contributed by atoms with E-state index in [9.17, 15) is 18.0 Å². The molecule has 0 N–H and O–H groups in total. The van der Waals surface area contributed by atoms with E-state index in [2.05, 4.69) is 0 Å². The highest BCUT2D eigenvalue weighted by Gasteiger charge is 2.47. The number of halogens is 3. The first-order valence-electron chi connectivity index (χ1n) is 5.49. The summed E-state index contributed by atoms with van der Waals surface area (Å²) in [7, 11) is 0. The van der Waals surface area contributed by atoms with Gasteiger partial charge in [0.15, 0.2) is 0 Å². The van der Waals surface area contributed by atoms with Crippen molar-refractivity contribution in [3.05, 3.63) is 35.9 Å². The fraction of sp³-hybridized carbons (Fsp3) is 0.417. The Morgan fingerprint density at radius 1 is 1.28 bits per heavy atom. The Kier molecular flexibility index (Phi) is 3.97. The minimum atomic E-state index is -4.46. The van der Waals surface area contributed by atoms with E-state index in [1.54, 1.807) is 30.3 Å². The Balaban J connectivity index is 2.28. The number of thioether (sulfide) groups is 1. The van der Waals surface area contributed by atoms with Crippen molar-refractivity contribution in [1.82, 2.24) is 4.90 Å². The molecule has 98 valence electrons. The van der Waals surface area contributed by atoms with E-state index in [-0.39, 0.29) is 6.54 Å². The molecule has 2 atom stereocenters. The van der Waals surface area contributed by atoms with Crippen LogP contribution in [0.25, 0.3) is 0 Å². The molecule has 1 fully saturated rings. The summed E-state index contributed by atoms with van der Waals surface area (Å²) in [6.45, 7) is -0.138. The molecule has 2 nitrogen and oxygen atoms in total. The smallest absolute Gasteiger partial charge is 0.302 e. The molecule has 0 aliphatic carbocycles. The molecule has 1 aromatic carbocycles. The van der Waals surface area contributed by atoms with Gasteiger partial charge in [-0.3, -0.25) is 0 Å². The van der Waals surface area contributed by atoms with Crippen LogP contribution in [0, 0.1) is 0 Å². The fourth-order valence-electron chi connectivity index (χ4n) is 2.07. The Morgan fingerprint density at radius 3 is 2.50 bits per heavy atom. The van der Waals surface area contributed by atoms with Crippen LogP contribution in [0.5, 0.6) is 0 Å². The minimum absolute atomic E-state index is 0.138. The summed E-state index contributed by atoms with van der Waals surface area (Å²) in [4.78, 5) is 11.4. The van der Waals surface area contributed by atoms with Gasteiger partial charge in [-0.2, -0.15) is 24.9 Å². The maximum atomic E-state index is 12.8.